The molecule has 0 spiro atoms. The molecule has 4 heterocycles. The third-order valence-electron chi connectivity index (χ3n) is 9.88. The molecule has 2 fully saturated rings. The van der Waals surface area contributed by atoms with Crippen molar-refractivity contribution in [1.29, 1.82) is 5.26 Å². The van der Waals surface area contributed by atoms with E-state index in [0.717, 1.165) is 0 Å². The number of sulfonamides is 1. The molecule has 0 bridgehead atoms. The van der Waals surface area contributed by atoms with Gasteiger partial charge in [-0.25, -0.2) is 22.6 Å². The highest BCUT2D eigenvalue weighted by atomic mass is 32.2. The zero-order valence-electron chi connectivity index (χ0n) is 28.1. The van der Waals surface area contributed by atoms with Crippen LogP contribution in [0.25, 0.3) is 0 Å². The molecule has 0 saturated carbocycles. The SMILES string of the molecule is CCOc1ncccc1C1(CC(=O)N2CCN(C3CCN(C(F)(F)F)CC3)CC2)C(=O)N(S(=O)(=O)c2ccccc2OC)c2ccc(C#N)cc21. The Balaban J connectivity index is 1.38. The average molecular weight is 727 g/mol. The van der Waals surface area contributed by atoms with Gasteiger partial charge in [-0.2, -0.15) is 18.4 Å². The number of aromatic nitrogens is 1. The van der Waals surface area contributed by atoms with Crippen molar-refractivity contribution in [2.75, 3.05) is 57.3 Å². The van der Waals surface area contributed by atoms with Crippen LogP contribution in [0.4, 0.5) is 18.9 Å². The van der Waals surface area contributed by atoms with E-state index in [9.17, 15) is 31.6 Å². The summed E-state index contributed by atoms with van der Waals surface area (Å²) in [6.45, 7) is 3.03. The molecule has 3 aliphatic rings. The number of fused-ring (bicyclic) bond motifs is 1. The Morgan fingerprint density at radius 3 is 2.37 bits per heavy atom. The number of halogens is 3. The van der Waals surface area contributed by atoms with Crippen LogP contribution in [0.15, 0.2) is 65.7 Å². The van der Waals surface area contributed by atoms with Crippen LogP contribution in [0.5, 0.6) is 11.6 Å². The molecular formula is C35H37F3N6O6S. The molecule has 0 aliphatic carbocycles. The number of pyridine rings is 1. The van der Waals surface area contributed by atoms with Gasteiger partial charge in [0.2, 0.25) is 11.8 Å². The van der Waals surface area contributed by atoms with E-state index in [1.54, 1.807) is 30.0 Å². The van der Waals surface area contributed by atoms with Crippen molar-refractivity contribution >= 4 is 27.5 Å². The van der Waals surface area contributed by atoms with E-state index >= 15 is 4.79 Å². The molecular weight excluding hydrogens is 689 g/mol. The van der Waals surface area contributed by atoms with Gasteiger partial charge < -0.3 is 14.4 Å². The zero-order valence-corrected chi connectivity index (χ0v) is 28.9. The fraction of sp³-hybridized carbons (Fsp3) is 0.429. The number of alkyl halides is 3. The number of para-hydroxylation sites is 1. The number of ether oxygens (including phenoxy) is 2. The van der Waals surface area contributed by atoms with Crippen LogP contribution in [0, 0.1) is 11.3 Å². The first-order chi connectivity index (χ1) is 24.4. The molecule has 12 nitrogen and oxygen atoms in total. The Labute approximate surface area is 294 Å². The molecule has 270 valence electrons. The minimum atomic E-state index is -4.65. The second kappa shape index (κ2) is 14.1. The summed E-state index contributed by atoms with van der Waals surface area (Å²) in [4.78, 5) is 37.8. The molecule has 2 aromatic carbocycles. The number of hydrogen-bond acceptors (Lipinski definition) is 10. The second-order valence-corrected chi connectivity index (χ2v) is 14.3. The van der Waals surface area contributed by atoms with Crippen molar-refractivity contribution in [1.82, 2.24) is 19.7 Å². The van der Waals surface area contributed by atoms with Gasteiger partial charge in [0.25, 0.3) is 15.9 Å². The number of anilines is 1. The Morgan fingerprint density at radius 2 is 1.73 bits per heavy atom. The second-order valence-electron chi connectivity index (χ2n) is 12.5. The standard InChI is InChI=1S/C35H37F3N6O6S/c1-3-50-32-26(7-6-14-40-32)34(22-31(45)42-19-17-41(18-20-42)25-12-15-43(16-13-25)35(36,37)38)27-21-24(23-39)10-11-28(27)44(33(34)46)51(47,48)30-9-5-4-8-29(30)49-2/h4-11,14,21,25H,3,12-13,15-20,22H2,1-2H3. The number of nitrogens with zero attached hydrogens (tertiary/aromatic N) is 6. The lowest BCUT2D eigenvalue weighted by Gasteiger charge is -2.43. The number of benzene rings is 2. The summed E-state index contributed by atoms with van der Waals surface area (Å²) >= 11 is 0. The van der Waals surface area contributed by atoms with Crippen molar-refractivity contribution < 1.29 is 40.7 Å². The first kappa shape index (κ1) is 36.1. The number of hydrogen-bond donors (Lipinski definition) is 0. The molecule has 1 aromatic heterocycles. The van der Waals surface area contributed by atoms with Gasteiger partial charge in [0.1, 0.15) is 16.1 Å². The maximum Gasteiger partial charge on any atom is 0.459 e. The highest BCUT2D eigenvalue weighted by Crippen LogP contribution is 2.53. The predicted octanol–water partition coefficient (Wildman–Crippen LogP) is 3.90. The van der Waals surface area contributed by atoms with Gasteiger partial charge in [0.15, 0.2) is 0 Å². The normalized spacial score (nSPS) is 20.6. The summed E-state index contributed by atoms with van der Waals surface area (Å²) in [5.41, 5.74) is -1.58. The molecule has 1 unspecified atom stereocenters. The number of carbonyl (C=O) groups excluding carboxylic acids is 2. The summed E-state index contributed by atoms with van der Waals surface area (Å²) in [7, 11) is -3.34. The van der Waals surface area contributed by atoms with Gasteiger partial charge in [0, 0.05) is 63.5 Å². The summed E-state index contributed by atoms with van der Waals surface area (Å²) < 4.78 is 80.4. The van der Waals surface area contributed by atoms with E-state index in [1.165, 1.54) is 49.7 Å². The molecule has 1 atom stereocenters. The maximum atomic E-state index is 15.1. The van der Waals surface area contributed by atoms with Gasteiger partial charge >= 0.3 is 6.30 Å². The summed E-state index contributed by atoms with van der Waals surface area (Å²) in [5, 5.41) is 9.90. The third-order valence-corrected chi connectivity index (χ3v) is 11.6. The minimum absolute atomic E-state index is 0.00686. The van der Waals surface area contributed by atoms with Crippen LogP contribution < -0.4 is 13.8 Å². The number of piperazine rings is 1. The monoisotopic (exact) mass is 726 g/mol. The smallest absolute Gasteiger partial charge is 0.459 e. The Bertz CT molecular complexity index is 1960. The topological polar surface area (TPSA) is 136 Å². The molecule has 2 amide bonds. The lowest BCUT2D eigenvalue weighted by Crippen LogP contribution is -2.56. The summed E-state index contributed by atoms with van der Waals surface area (Å²) in [6.07, 6.45) is -2.73. The first-order valence-corrected chi connectivity index (χ1v) is 18.0. The van der Waals surface area contributed by atoms with Crippen LogP contribution in [0.3, 0.4) is 0 Å². The lowest BCUT2D eigenvalue weighted by atomic mass is 9.72. The molecule has 3 aliphatic heterocycles. The van der Waals surface area contributed by atoms with Crippen LogP contribution in [-0.2, 0) is 25.0 Å². The van der Waals surface area contributed by atoms with E-state index in [0.29, 0.717) is 35.1 Å². The number of piperidine rings is 1. The first-order valence-electron chi connectivity index (χ1n) is 16.6. The van der Waals surface area contributed by atoms with E-state index in [-0.39, 0.29) is 77.7 Å². The Morgan fingerprint density at radius 1 is 1.02 bits per heavy atom. The third kappa shape index (κ3) is 6.49. The van der Waals surface area contributed by atoms with Gasteiger partial charge in [-0.1, -0.05) is 18.2 Å². The summed E-state index contributed by atoms with van der Waals surface area (Å²) in [5.74, 6) is -1.37. The van der Waals surface area contributed by atoms with Crippen LogP contribution in [-0.4, -0.2) is 105 Å². The fourth-order valence-corrected chi connectivity index (χ4v) is 8.99. The molecule has 0 N–H and O–H groups in total. The number of likely N-dealkylation sites (tertiary alicyclic amines) is 1. The molecule has 16 heteroatoms. The minimum Gasteiger partial charge on any atom is -0.495 e. The maximum absolute atomic E-state index is 15.1. The molecule has 2 saturated heterocycles. The lowest BCUT2D eigenvalue weighted by molar-refractivity contribution is -0.252. The molecule has 3 aromatic rings. The summed E-state index contributed by atoms with van der Waals surface area (Å²) in [6, 6.07) is 15.2. The van der Waals surface area contributed by atoms with E-state index in [1.807, 2.05) is 0 Å². The fourth-order valence-electron chi connectivity index (χ4n) is 7.34. The van der Waals surface area contributed by atoms with Crippen LogP contribution in [0.2, 0.25) is 0 Å². The van der Waals surface area contributed by atoms with Gasteiger partial charge in [0.05, 0.1) is 31.0 Å². The number of methoxy groups -OCH3 is 1. The molecule has 6 rings (SSSR count). The van der Waals surface area contributed by atoms with Crippen molar-refractivity contribution in [2.24, 2.45) is 0 Å². The number of carbonyl (C=O) groups is 2. The van der Waals surface area contributed by atoms with Gasteiger partial charge in [-0.05, 0) is 61.7 Å². The van der Waals surface area contributed by atoms with Crippen molar-refractivity contribution in [3.8, 4) is 17.7 Å². The Hall–Kier alpha value is -4.72. The largest absolute Gasteiger partial charge is 0.495 e. The van der Waals surface area contributed by atoms with E-state index in [2.05, 4.69) is 16.0 Å². The highest BCUT2D eigenvalue weighted by molar-refractivity contribution is 7.93. The van der Waals surface area contributed by atoms with Gasteiger partial charge in [-0.3, -0.25) is 14.5 Å². The van der Waals surface area contributed by atoms with E-state index in [4.69, 9.17) is 9.47 Å². The number of rotatable bonds is 9. The van der Waals surface area contributed by atoms with Crippen molar-refractivity contribution in [2.45, 2.75) is 48.8 Å². The van der Waals surface area contributed by atoms with E-state index < -0.39 is 40.0 Å². The Kier molecular flexibility index (Phi) is 9.99. The predicted molar refractivity (Wildman–Crippen MR) is 178 cm³/mol. The molecule has 0 radical (unpaired) electrons. The van der Waals surface area contributed by atoms with Crippen molar-refractivity contribution in [3.63, 3.8) is 0 Å². The zero-order chi connectivity index (χ0) is 36.6. The van der Waals surface area contributed by atoms with Gasteiger partial charge in [-0.15, -0.1) is 0 Å². The highest BCUT2D eigenvalue weighted by Gasteiger charge is 2.59. The average Bonchev–Trinajstić information content (AvgIpc) is 3.38. The van der Waals surface area contributed by atoms with Crippen LogP contribution in [0.1, 0.15) is 42.9 Å². The van der Waals surface area contributed by atoms with Crippen LogP contribution >= 0.6 is 0 Å². The van der Waals surface area contributed by atoms with Crippen molar-refractivity contribution in [3.05, 3.63) is 77.5 Å². The number of nitriles is 1. The quantitative estimate of drug-likeness (QED) is 0.299. The molecule has 51 heavy (non-hydrogen) atoms. The number of amides is 2.